The van der Waals surface area contributed by atoms with Crippen molar-refractivity contribution in [3.05, 3.63) is 0 Å². The first kappa shape index (κ1) is 15.0. The van der Waals surface area contributed by atoms with Gasteiger partial charge in [-0.25, -0.2) is 0 Å². The molecular weight excluding hydrogens is 210 g/mol. The zero-order valence-electron chi connectivity index (χ0n) is 12.5. The largest absolute Gasteiger partial charge is 0.378 e. The van der Waals surface area contributed by atoms with E-state index in [9.17, 15) is 0 Å². The topological polar surface area (TPSA) is 12.5 Å². The van der Waals surface area contributed by atoms with Crippen LogP contribution in [0.15, 0.2) is 0 Å². The van der Waals surface area contributed by atoms with Gasteiger partial charge in [-0.05, 0) is 65.0 Å². The van der Waals surface area contributed by atoms with Crippen LogP contribution in [0.3, 0.4) is 0 Å². The molecule has 0 N–H and O–H groups in total. The maximum absolute atomic E-state index is 5.67. The first-order valence-electron chi connectivity index (χ1n) is 7.51. The molecular formula is C15H31NO. The lowest BCUT2D eigenvalue weighted by Crippen LogP contribution is -2.51. The Morgan fingerprint density at radius 1 is 1.18 bits per heavy atom. The predicted octanol–water partition coefficient (Wildman–Crippen LogP) is 3.70. The molecule has 0 aromatic heterocycles. The van der Waals surface area contributed by atoms with Crippen LogP contribution in [0.4, 0.5) is 0 Å². The van der Waals surface area contributed by atoms with Crippen molar-refractivity contribution in [3.63, 3.8) is 0 Å². The van der Waals surface area contributed by atoms with Crippen LogP contribution in [-0.2, 0) is 4.74 Å². The molecule has 0 unspecified atom stereocenters. The summed E-state index contributed by atoms with van der Waals surface area (Å²) in [6.45, 7) is 14.2. The highest BCUT2D eigenvalue weighted by molar-refractivity contribution is 4.98. The standard InChI is InChI=1S/C13H25NO.C2H6/c1-4-15-12-9-13(10-12)5-7-14(8-6-13)11(2)3;1-2/h11-12H,4-10H2,1-3H3;1-2H3. The van der Waals surface area contributed by atoms with Crippen LogP contribution in [0.1, 0.15) is 60.3 Å². The van der Waals surface area contributed by atoms with E-state index in [1.54, 1.807) is 0 Å². The average molecular weight is 241 g/mol. The minimum Gasteiger partial charge on any atom is -0.378 e. The highest BCUT2D eigenvalue weighted by Gasteiger charge is 2.46. The van der Waals surface area contributed by atoms with E-state index < -0.39 is 0 Å². The van der Waals surface area contributed by atoms with Gasteiger partial charge in [0.2, 0.25) is 0 Å². The molecule has 1 saturated heterocycles. The Bertz CT molecular complexity index is 199. The number of rotatable bonds is 3. The van der Waals surface area contributed by atoms with Crippen LogP contribution in [0.25, 0.3) is 0 Å². The molecule has 0 aromatic rings. The van der Waals surface area contributed by atoms with Crippen molar-refractivity contribution in [3.8, 4) is 0 Å². The number of likely N-dealkylation sites (tertiary alicyclic amines) is 1. The second kappa shape index (κ2) is 6.75. The van der Waals surface area contributed by atoms with Gasteiger partial charge in [0.05, 0.1) is 6.10 Å². The van der Waals surface area contributed by atoms with E-state index in [0.29, 0.717) is 11.5 Å². The van der Waals surface area contributed by atoms with E-state index in [2.05, 4.69) is 25.7 Å². The lowest BCUT2D eigenvalue weighted by molar-refractivity contribution is -0.103. The zero-order valence-corrected chi connectivity index (χ0v) is 12.5. The Kier molecular flexibility index (Phi) is 5.94. The predicted molar refractivity (Wildman–Crippen MR) is 74.4 cm³/mol. The second-order valence-electron chi connectivity index (χ2n) is 5.62. The fourth-order valence-electron chi connectivity index (χ4n) is 3.18. The highest BCUT2D eigenvalue weighted by Crippen LogP contribution is 2.50. The molecule has 1 aliphatic carbocycles. The van der Waals surface area contributed by atoms with Gasteiger partial charge in [-0.15, -0.1) is 0 Å². The molecule has 2 heteroatoms. The van der Waals surface area contributed by atoms with Crippen LogP contribution in [0.2, 0.25) is 0 Å². The van der Waals surface area contributed by atoms with E-state index in [0.717, 1.165) is 12.6 Å². The average Bonchev–Trinajstić information content (AvgIpc) is 2.31. The molecule has 0 atom stereocenters. The van der Waals surface area contributed by atoms with Crippen molar-refractivity contribution in [2.24, 2.45) is 5.41 Å². The minimum atomic E-state index is 0.584. The second-order valence-corrected chi connectivity index (χ2v) is 5.62. The fourth-order valence-corrected chi connectivity index (χ4v) is 3.18. The molecule has 17 heavy (non-hydrogen) atoms. The Balaban J connectivity index is 0.000000686. The molecule has 0 amide bonds. The van der Waals surface area contributed by atoms with E-state index in [1.807, 2.05) is 13.8 Å². The van der Waals surface area contributed by atoms with E-state index in [4.69, 9.17) is 4.74 Å². The summed E-state index contributed by atoms with van der Waals surface area (Å²) >= 11 is 0. The monoisotopic (exact) mass is 241 g/mol. The third-order valence-electron chi connectivity index (χ3n) is 4.31. The van der Waals surface area contributed by atoms with E-state index in [1.165, 1.54) is 38.8 Å². The van der Waals surface area contributed by atoms with Crippen molar-refractivity contribution < 1.29 is 4.74 Å². The molecule has 1 spiro atoms. The third kappa shape index (κ3) is 3.69. The molecule has 1 heterocycles. The van der Waals surface area contributed by atoms with Gasteiger partial charge in [-0.1, -0.05) is 13.8 Å². The van der Waals surface area contributed by atoms with Gasteiger partial charge in [0.25, 0.3) is 0 Å². The quantitative estimate of drug-likeness (QED) is 0.747. The molecule has 2 fully saturated rings. The highest BCUT2D eigenvalue weighted by atomic mass is 16.5. The van der Waals surface area contributed by atoms with Gasteiger partial charge < -0.3 is 9.64 Å². The molecule has 0 bridgehead atoms. The number of hydrogen-bond donors (Lipinski definition) is 0. The van der Waals surface area contributed by atoms with Crippen molar-refractivity contribution >= 4 is 0 Å². The van der Waals surface area contributed by atoms with Crippen molar-refractivity contribution in [1.82, 2.24) is 4.90 Å². The number of ether oxygens (including phenoxy) is 1. The molecule has 2 rings (SSSR count). The maximum atomic E-state index is 5.67. The van der Waals surface area contributed by atoms with Gasteiger partial charge in [-0.2, -0.15) is 0 Å². The molecule has 0 radical (unpaired) electrons. The normalized spacial score (nSPS) is 24.4. The van der Waals surface area contributed by atoms with Crippen LogP contribution in [0.5, 0.6) is 0 Å². The summed E-state index contributed by atoms with van der Waals surface area (Å²) in [5.74, 6) is 0. The number of nitrogens with zero attached hydrogens (tertiary/aromatic N) is 1. The molecule has 1 aliphatic heterocycles. The van der Waals surface area contributed by atoms with Crippen LogP contribution in [-0.4, -0.2) is 36.7 Å². The van der Waals surface area contributed by atoms with Gasteiger partial charge in [0, 0.05) is 12.6 Å². The van der Waals surface area contributed by atoms with Crippen molar-refractivity contribution in [2.75, 3.05) is 19.7 Å². The first-order chi connectivity index (χ1) is 8.15. The summed E-state index contributed by atoms with van der Waals surface area (Å²) in [5, 5.41) is 0. The summed E-state index contributed by atoms with van der Waals surface area (Å²) in [4.78, 5) is 2.61. The Morgan fingerprint density at radius 3 is 2.12 bits per heavy atom. The Labute approximate surface area is 108 Å². The fraction of sp³-hybridized carbons (Fsp3) is 1.00. The SMILES string of the molecule is CC.CCOC1CC2(CCN(C(C)C)CC2)C1. The van der Waals surface area contributed by atoms with Gasteiger partial charge in [-0.3, -0.25) is 0 Å². The summed E-state index contributed by atoms with van der Waals surface area (Å²) in [6, 6.07) is 0.727. The lowest BCUT2D eigenvalue weighted by atomic mass is 9.61. The first-order valence-corrected chi connectivity index (χ1v) is 7.51. The van der Waals surface area contributed by atoms with Gasteiger partial charge in [0.15, 0.2) is 0 Å². The number of piperidine rings is 1. The summed E-state index contributed by atoms with van der Waals surface area (Å²) < 4.78 is 5.67. The van der Waals surface area contributed by atoms with Crippen LogP contribution in [0, 0.1) is 5.41 Å². The van der Waals surface area contributed by atoms with E-state index in [-0.39, 0.29) is 0 Å². The minimum absolute atomic E-state index is 0.584. The zero-order chi connectivity index (χ0) is 12.9. The molecule has 2 aliphatic rings. The summed E-state index contributed by atoms with van der Waals surface area (Å²) in [7, 11) is 0. The van der Waals surface area contributed by atoms with Gasteiger partial charge >= 0.3 is 0 Å². The summed E-state index contributed by atoms with van der Waals surface area (Å²) in [5.41, 5.74) is 0.672. The smallest absolute Gasteiger partial charge is 0.0585 e. The molecule has 1 saturated carbocycles. The maximum Gasteiger partial charge on any atom is 0.0585 e. The lowest BCUT2D eigenvalue weighted by Gasteiger charge is -2.52. The van der Waals surface area contributed by atoms with Crippen LogP contribution < -0.4 is 0 Å². The molecule has 2 nitrogen and oxygen atoms in total. The third-order valence-corrected chi connectivity index (χ3v) is 4.31. The Hall–Kier alpha value is -0.0800. The molecule has 102 valence electrons. The van der Waals surface area contributed by atoms with Crippen molar-refractivity contribution in [1.29, 1.82) is 0 Å². The van der Waals surface area contributed by atoms with Crippen LogP contribution >= 0.6 is 0 Å². The van der Waals surface area contributed by atoms with Gasteiger partial charge in [0.1, 0.15) is 0 Å². The number of hydrogen-bond acceptors (Lipinski definition) is 2. The Morgan fingerprint density at radius 2 is 1.71 bits per heavy atom. The van der Waals surface area contributed by atoms with Crippen molar-refractivity contribution in [2.45, 2.75) is 72.4 Å². The van der Waals surface area contributed by atoms with E-state index >= 15 is 0 Å². The summed E-state index contributed by atoms with van der Waals surface area (Å²) in [6.07, 6.45) is 6.03. The molecule has 0 aromatic carbocycles.